The molecule has 0 unspecified atom stereocenters. The number of hydrogen-bond acceptors (Lipinski definition) is 3. The van der Waals surface area contributed by atoms with Gasteiger partial charge < -0.3 is 10.2 Å². The van der Waals surface area contributed by atoms with Crippen LogP contribution >= 0.6 is 11.6 Å². The molecule has 26 heavy (non-hydrogen) atoms. The molecule has 4 nitrogen and oxygen atoms in total. The van der Waals surface area contributed by atoms with Gasteiger partial charge in [-0.25, -0.2) is 4.98 Å². The maximum atomic E-state index is 12.6. The van der Waals surface area contributed by atoms with Crippen molar-refractivity contribution in [2.45, 2.75) is 25.4 Å². The van der Waals surface area contributed by atoms with Gasteiger partial charge in [-0.05, 0) is 30.5 Å². The minimum atomic E-state index is -4.49. The number of halogens is 4. The van der Waals surface area contributed by atoms with Crippen molar-refractivity contribution in [3.8, 4) is 0 Å². The summed E-state index contributed by atoms with van der Waals surface area (Å²) in [5, 5.41) is 2.70. The number of fused-ring (bicyclic) bond motifs is 1. The van der Waals surface area contributed by atoms with E-state index >= 15 is 0 Å². The Balaban J connectivity index is 1.60. The van der Waals surface area contributed by atoms with Gasteiger partial charge in [0.1, 0.15) is 5.82 Å². The number of anilines is 2. The van der Waals surface area contributed by atoms with E-state index in [-0.39, 0.29) is 29.7 Å². The highest BCUT2D eigenvalue weighted by molar-refractivity contribution is 6.33. The van der Waals surface area contributed by atoms with Gasteiger partial charge in [-0.2, -0.15) is 13.2 Å². The highest BCUT2D eigenvalue weighted by atomic mass is 35.5. The zero-order valence-electron chi connectivity index (χ0n) is 13.8. The number of nitrogens with one attached hydrogen (secondary N) is 1. The molecule has 0 atom stereocenters. The summed E-state index contributed by atoms with van der Waals surface area (Å²) < 4.78 is 37.8. The lowest BCUT2D eigenvalue weighted by Crippen LogP contribution is -2.36. The number of nitrogens with zero attached hydrogens (tertiary/aromatic N) is 2. The first kappa shape index (κ1) is 18.5. The highest BCUT2D eigenvalue weighted by Crippen LogP contribution is 2.32. The Labute approximate surface area is 154 Å². The van der Waals surface area contributed by atoms with E-state index in [1.165, 1.54) is 0 Å². The largest absolute Gasteiger partial charge is 0.417 e. The zero-order valence-corrected chi connectivity index (χ0v) is 14.6. The highest BCUT2D eigenvalue weighted by Gasteiger charge is 2.31. The quantitative estimate of drug-likeness (QED) is 0.843. The van der Waals surface area contributed by atoms with Crippen LogP contribution in [0.15, 0.2) is 36.5 Å². The molecular formula is C18H17ClF3N3O. The Bertz CT molecular complexity index is 811. The number of carbonyl (C=O) groups is 1. The molecule has 0 saturated carbocycles. The molecule has 0 bridgehead atoms. The van der Waals surface area contributed by atoms with Crippen molar-refractivity contribution in [1.82, 2.24) is 4.98 Å². The van der Waals surface area contributed by atoms with Gasteiger partial charge in [-0.15, -0.1) is 0 Å². The maximum absolute atomic E-state index is 12.6. The van der Waals surface area contributed by atoms with Crippen LogP contribution in [0.3, 0.4) is 0 Å². The first-order valence-corrected chi connectivity index (χ1v) is 8.59. The molecular weight excluding hydrogens is 367 g/mol. The summed E-state index contributed by atoms with van der Waals surface area (Å²) in [6.45, 7) is 0.894. The Kier molecular flexibility index (Phi) is 5.36. The van der Waals surface area contributed by atoms with E-state index < -0.39 is 11.7 Å². The van der Waals surface area contributed by atoms with Gasteiger partial charge in [0, 0.05) is 31.4 Å². The van der Waals surface area contributed by atoms with E-state index in [1.54, 1.807) is 4.90 Å². The molecule has 2 aromatic rings. The molecule has 1 aromatic carbocycles. The SMILES string of the molecule is O=C(CCNc1ncc(C(F)(F)F)cc1Cl)N1CCCc2ccccc21. The molecule has 1 aromatic heterocycles. The van der Waals surface area contributed by atoms with Crippen LogP contribution in [0.25, 0.3) is 0 Å². The monoisotopic (exact) mass is 383 g/mol. The Hall–Kier alpha value is -2.28. The van der Waals surface area contributed by atoms with E-state index in [0.717, 1.165) is 36.4 Å². The van der Waals surface area contributed by atoms with Gasteiger partial charge in [-0.3, -0.25) is 4.79 Å². The number of hydrogen-bond donors (Lipinski definition) is 1. The minimum absolute atomic E-state index is 0.0484. The van der Waals surface area contributed by atoms with E-state index in [1.807, 2.05) is 24.3 Å². The molecule has 3 rings (SSSR count). The number of para-hydroxylation sites is 1. The molecule has 0 radical (unpaired) electrons. The summed E-state index contributed by atoms with van der Waals surface area (Å²) in [7, 11) is 0. The number of benzene rings is 1. The van der Waals surface area contributed by atoms with Crippen molar-refractivity contribution in [1.29, 1.82) is 0 Å². The van der Waals surface area contributed by atoms with Crippen LogP contribution < -0.4 is 10.2 Å². The Morgan fingerprint density at radius 2 is 2.08 bits per heavy atom. The van der Waals surface area contributed by atoms with Crippen LogP contribution in [0, 0.1) is 0 Å². The normalized spacial score (nSPS) is 14.1. The summed E-state index contributed by atoms with van der Waals surface area (Å²) in [6.07, 6.45) is -1.73. The molecule has 2 heterocycles. The second-order valence-electron chi connectivity index (χ2n) is 6.01. The van der Waals surface area contributed by atoms with E-state index in [9.17, 15) is 18.0 Å². The van der Waals surface area contributed by atoms with Crippen molar-refractivity contribution in [2.24, 2.45) is 0 Å². The number of pyridine rings is 1. The van der Waals surface area contributed by atoms with Crippen molar-refractivity contribution < 1.29 is 18.0 Å². The fourth-order valence-corrected chi connectivity index (χ4v) is 3.17. The first-order valence-electron chi connectivity index (χ1n) is 8.21. The second kappa shape index (κ2) is 7.53. The topological polar surface area (TPSA) is 45.2 Å². The third kappa shape index (κ3) is 4.09. The number of alkyl halides is 3. The van der Waals surface area contributed by atoms with Gasteiger partial charge in [-0.1, -0.05) is 29.8 Å². The zero-order chi connectivity index (χ0) is 18.7. The lowest BCUT2D eigenvalue weighted by molar-refractivity contribution is -0.137. The van der Waals surface area contributed by atoms with Crippen LogP contribution in [-0.2, 0) is 17.4 Å². The van der Waals surface area contributed by atoms with Gasteiger partial charge in [0.15, 0.2) is 0 Å². The number of rotatable bonds is 4. The number of carbonyl (C=O) groups excluding carboxylic acids is 1. The molecule has 1 aliphatic heterocycles. The van der Waals surface area contributed by atoms with Gasteiger partial charge in [0.25, 0.3) is 0 Å². The van der Waals surface area contributed by atoms with Crippen LogP contribution in [-0.4, -0.2) is 24.0 Å². The van der Waals surface area contributed by atoms with Crippen LogP contribution in [0.5, 0.6) is 0 Å². The fourth-order valence-electron chi connectivity index (χ4n) is 2.94. The predicted octanol–water partition coefficient (Wildman–Crippen LogP) is 4.54. The van der Waals surface area contributed by atoms with Gasteiger partial charge >= 0.3 is 6.18 Å². The second-order valence-corrected chi connectivity index (χ2v) is 6.41. The predicted molar refractivity (Wildman–Crippen MR) is 94.5 cm³/mol. The molecule has 138 valence electrons. The molecule has 0 spiro atoms. The van der Waals surface area contributed by atoms with E-state index in [0.29, 0.717) is 6.54 Å². The van der Waals surface area contributed by atoms with Gasteiger partial charge in [0.2, 0.25) is 5.91 Å². The summed E-state index contributed by atoms with van der Waals surface area (Å²) >= 11 is 5.85. The number of aromatic nitrogens is 1. The van der Waals surface area contributed by atoms with E-state index in [4.69, 9.17) is 11.6 Å². The summed E-state index contributed by atoms with van der Waals surface area (Å²) in [5.74, 6) is 0.0826. The first-order chi connectivity index (χ1) is 12.4. The van der Waals surface area contributed by atoms with Crippen LogP contribution in [0.1, 0.15) is 24.0 Å². The molecule has 1 amide bonds. The lowest BCUT2D eigenvalue weighted by Gasteiger charge is -2.29. The van der Waals surface area contributed by atoms with Crippen molar-refractivity contribution in [3.63, 3.8) is 0 Å². The van der Waals surface area contributed by atoms with Crippen molar-refractivity contribution >= 4 is 29.0 Å². The third-order valence-electron chi connectivity index (χ3n) is 4.21. The number of aryl methyl sites for hydroxylation is 1. The smallest absolute Gasteiger partial charge is 0.368 e. The van der Waals surface area contributed by atoms with Crippen LogP contribution in [0.2, 0.25) is 5.02 Å². The lowest BCUT2D eigenvalue weighted by atomic mass is 10.0. The minimum Gasteiger partial charge on any atom is -0.368 e. The molecule has 0 aliphatic carbocycles. The summed E-state index contributed by atoms with van der Waals surface area (Å²) in [6, 6.07) is 8.61. The molecule has 1 aliphatic rings. The van der Waals surface area contributed by atoms with Crippen LogP contribution in [0.4, 0.5) is 24.7 Å². The maximum Gasteiger partial charge on any atom is 0.417 e. The van der Waals surface area contributed by atoms with Gasteiger partial charge in [0.05, 0.1) is 10.6 Å². The molecule has 0 saturated heterocycles. The Morgan fingerprint density at radius 3 is 2.81 bits per heavy atom. The molecule has 1 N–H and O–H groups in total. The molecule has 8 heteroatoms. The average Bonchev–Trinajstić information content (AvgIpc) is 2.61. The Morgan fingerprint density at radius 1 is 1.31 bits per heavy atom. The van der Waals surface area contributed by atoms with E-state index in [2.05, 4.69) is 10.3 Å². The summed E-state index contributed by atoms with van der Waals surface area (Å²) in [4.78, 5) is 18.0. The standard InChI is InChI=1S/C18H17ClF3N3O/c19-14-10-13(18(20,21)22)11-24-17(14)23-8-7-16(26)25-9-3-5-12-4-1-2-6-15(12)25/h1-2,4,6,10-11H,3,5,7-9H2,(H,23,24). The number of amides is 1. The molecule has 0 fully saturated rings. The van der Waals surface area contributed by atoms with Crippen molar-refractivity contribution in [3.05, 3.63) is 52.7 Å². The third-order valence-corrected chi connectivity index (χ3v) is 4.50. The van der Waals surface area contributed by atoms with Crippen molar-refractivity contribution in [2.75, 3.05) is 23.3 Å². The average molecular weight is 384 g/mol. The fraction of sp³-hybridized carbons (Fsp3) is 0.333. The summed E-state index contributed by atoms with van der Waals surface area (Å²) in [5.41, 5.74) is 1.16.